The average molecular weight is 447 g/mol. The summed E-state index contributed by atoms with van der Waals surface area (Å²) in [5, 5.41) is 7.04. The Labute approximate surface area is 196 Å². The number of benzene rings is 4. The lowest BCUT2D eigenvalue weighted by molar-refractivity contribution is 0.102. The molecule has 0 aliphatic heterocycles. The van der Waals surface area contributed by atoms with Crippen molar-refractivity contribution < 1.29 is 14.1 Å². The predicted octanol–water partition coefficient (Wildman–Crippen LogP) is 6.23. The first-order valence-corrected chi connectivity index (χ1v) is 10.8. The quantitative estimate of drug-likeness (QED) is 0.320. The summed E-state index contributed by atoms with van der Waals surface area (Å²) in [6, 6.07) is 33.9. The first kappa shape index (κ1) is 21.2. The predicted molar refractivity (Wildman–Crippen MR) is 130 cm³/mol. The molecule has 1 amide bonds. The number of aromatic nitrogens is 2. The van der Waals surface area contributed by atoms with E-state index in [1.54, 1.807) is 24.3 Å². The van der Waals surface area contributed by atoms with Crippen molar-refractivity contribution in [3.05, 3.63) is 120 Å². The Hall–Kier alpha value is -4.71. The summed E-state index contributed by atoms with van der Waals surface area (Å²) in [6.07, 6.45) is 0. The van der Waals surface area contributed by atoms with E-state index < -0.39 is 0 Å². The van der Waals surface area contributed by atoms with E-state index in [4.69, 9.17) is 9.26 Å². The summed E-state index contributed by atoms with van der Waals surface area (Å²) >= 11 is 0. The Morgan fingerprint density at radius 1 is 0.824 bits per heavy atom. The van der Waals surface area contributed by atoms with E-state index in [1.807, 2.05) is 84.9 Å². The Kier molecular flexibility index (Phi) is 6.12. The Morgan fingerprint density at radius 2 is 1.56 bits per heavy atom. The fraction of sp³-hybridized carbons (Fsp3) is 0.0357. The van der Waals surface area contributed by atoms with Crippen LogP contribution >= 0.6 is 0 Å². The number of para-hydroxylation sites is 1. The minimum atomic E-state index is -0.264. The van der Waals surface area contributed by atoms with Gasteiger partial charge in [0.2, 0.25) is 5.82 Å². The van der Waals surface area contributed by atoms with Crippen LogP contribution in [0.15, 0.2) is 114 Å². The lowest BCUT2D eigenvalue weighted by atomic mass is 10.1. The number of ether oxygens (including phenoxy) is 1. The zero-order valence-corrected chi connectivity index (χ0v) is 18.2. The molecule has 1 heterocycles. The summed E-state index contributed by atoms with van der Waals surface area (Å²) in [4.78, 5) is 17.5. The van der Waals surface area contributed by atoms with Crippen LogP contribution in [0, 0.1) is 0 Å². The van der Waals surface area contributed by atoms with Gasteiger partial charge in [0.15, 0.2) is 0 Å². The van der Waals surface area contributed by atoms with Crippen LogP contribution < -0.4 is 10.1 Å². The number of rotatable bonds is 7. The Balaban J connectivity index is 1.33. The fourth-order valence-electron chi connectivity index (χ4n) is 3.48. The van der Waals surface area contributed by atoms with Crippen molar-refractivity contribution in [2.75, 3.05) is 5.32 Å². The molecule has 0 saturated heterocycles. The van der Waals surface area contributed by atoms with Crippen LogP contribution in [0.5, 0.6) is 5.75 Å². The highest BCUT2D eigenvalue weighted by Crippen LogP contribution is 2.29. The van der Waals surface area contributed by atoms with E-state index in [0.717, 1.165) is 11.1 Å². The number of nitrogens with one attached hydrogen (secondary N) is 1. The summed E-state index contributed by atoms with van der Waals surface area (Å²) in [7, 11) is 0. The molecule has 1 aromatic heterocycles. The number of carbonyl (C=O) groups excluding carboxylic acids is 1. The van der Waals surface area contributed by atoms with Gasteiger partial charge in [-0.25, -0.2) is 0 Å². The van der Waals surface area contributed by atoms with E-state index in [2.05, 4.69) is 15.5 Å². The molecule has 5 rings (SSSR count). The second-order valence-electron chi connectivity index (χ2n) is 7.59. The molecule has 0 aliphatic rings. The van der Waals surface area contributed by atoms with Crippen LogP contribution in [0.2, 0.25) is 0 Å². The monoisotopic (exact) mass is 447 g/mol. The number of amides is 1. The Morgan fingerprint density at radius 3 is 2.38 bits per heavy atom. The number of hydrogen-bond acceptors (Lipinski definition) is 5. The largest absolute Gasteiger partial charge is 0.489 e. The highest BCUT2D eigenvalue weighted by Gasteiger charge is 2.16. The normalized spacial score (nSPS) is 10.6. The minimum Gasteiger partial charge on any atom is -0.489 e. The van der Waals surface area contributed by atoms with Crippen molar-refractivity contribution in [2.45, 2.75) is 6.61 Å². The Bertz CT molecular complexity index is 1400. The second kappa shape index (κ2) is 9.83. The average Bonchev–Trinajstić information content (AvgIpc) is 3.39. The molecule has 4 aromatic carbocycles. The van der Waals surface area contributed by atoms with Crippen molar-refractivity contribution in [1.29, 1.82) is 0 Å². The topological polar surface area (TPSA) is 77.3 Å². The molecule has 0 spiro atoms. The highest BCUT2D eigenvalue weighted by molar-refractivity contribution is 6.06. The molecule has 1 N–H and O–H groups in total. The standard InChI is InChI=1S/C28H21N3O3/c32-27(22-14-9-15-23(18-22)33-19-20-10-3-1-4-11-20)29-25-17-8-7-16-24(25)28-30-26(31-34-28)21-12-5-2-6-13-21/h1-18H,19H2,(H,29,32). The van der Waals surface area contributed by atoms with Gasteiger partial charge in [-0.15, -0.1) is 0 Å². The zero-order valence-electron chi connectivity index (χ0n) is 18.2. The molecular weight excluding hydrogens is 426 g/mol. The third-order valence-electron chi connectivity index (χ3n) is 5.21. The van der Waals surface area contributed by atoms with Gasteiger partial charge in [-0.1, -0.05) is 84.0 Å². The van der Waals surface area contributed by atoms with Gasteiger partial charge in [0, 0.05) is 11.1 Å². The van der Waals surface area contributed by atoms with Crippen LogP contribution in [-0.4, -0.2) is 16.0 Å². The molecule has 166 valence electrons. The first-order chi connectivity index (χ1) is 16.8. The van der Waals surface area contributed by atoms with E-state index in [-0.39, 0.29) is 5.91 Å². The molecule has 34 heavy (non-hydrogen) atoms. The van der Waals surface area contributed by atoms with Gasteiger partial charge in [-0.3, -0.25) is 4.79 Å². The molecule has 5 aromatic rings. The van der Waals surface area contributed by atoms with E-state index in [0.29, 0.717) is 40.9 Å². The molecule has 0 atom stereocenters. The van der Waals surface area contributed by atoms with Gasteiger partial charge in [-0.05, 0) is 35.9 Å². The summed E-state index contributed by atoms with van der Waals surface area (Å²) < 4.78 is 11.4. The van der Waals surface area contributed by atoms with Gasteiger partial charge in [0.25, 0.3) is 11.8 Å². The molecule has 0 saturated carbocycles. The molecule has 0 bridgehead atoms. The molecule has 6 heteroatoms. The van der Waals surface area contributed by atoms with E-state index in [9.17, 15) is 4.79 Å². The number of nitrogens with zero attached hydrogens (tertiary/aromatic N) is 2. The van der Waals surface area contributed by atoms with Crippen molar-refractivity contribution in [1.82, 2.24) is 10.1 Å². The van der Waals surface area contributed by atoms with Gasteiger partial charge >= 0.3 is 0 Å². The molecule has 0 fully saturated rings. The maximum atomic E-state index is 13.0. The molecule has 0 unspecified atom stereocenters. The summed E-state index contributed by atoms with van der Waals surface area (Å²) in [6.45, 7) is 0.426. The van der Waals surface area contributed by atoms with Crippen LogP contribution in [-0.2, 0) is 6.61 Å². The lowest BCUT2D eigenvalue weighted by Crippen LogP contribution is -2.12. The highest BCUT2D eigenvalue weighted by atomic mass is 16.5. The van der Waals surface area contributed by atoms with Crippen LogP contribution in [0.1, 0.15) is 15.9 Å². The van der Waals surface area contributed by atoms with Crippen LogP contribution in [0.3, 0.4) is 0 Å². The van der Waals surface area contributed by atoms with Crippen molar-refractivity contribution in [3.8, 4) is 28.6 Å². The third-order valence-corrected chi connectivity index (χ3v) is 5.21. The van der Waals surface area contributed by atoms with Gasteiger partial charge in [0.1, 0.15) is 12.4 Å². The third kappa shape index (κ3) is 4.86. The lowest BCUT2D eigenvalue weighted by Gasteiger charge is -2.10. The second-order valence-corrected chi connectivity index (χ2v) is 7.59. The van der Waals surface area contributed by atoms with E-state index in [1.165, 1.54) is 0 Å². The van der Waals surface area contributed by atoms with Crippen molar-refractivity contribution >= 4 is 11.6 Å². The smallest absolute Gasteiger partial charge is 0.260 e. The fourth-order valence-corrected chi connectivity index (χ4v) is 3.48. The summed E-state index contributed by atoms with van der Waals surface area (Å²) in [5.41, 5.74) is 3.61. The summed E-state index contributed by atoms with van der Waals surface area (Å²) in [5.74, 6) is 1.17. The SMILES string of the molecule is O=C(Nc1ccccc1-c1nc(-c2ccccc2)no1)c1cccc(OCc2ccccc2)c1. The first-order valence-electron chi connectivity index (χ1n) is 10.8. The zero-order chi connectivity index (χ0) is 23.2. The van der Waals surface area contributed by atoms with Gasteiger partial charge < -0.3 is 14.6 Å². The van der Waals surface area contributed by atoms with Gasteiger partial charge in [0.05, 0.1) is 11.3 Å². The van der Waals surface area contributed by atoms with Crippen LogP contribution in [0.25, 0.3) is 22.8 Å². The van der Waals surface area contributed by atoms with Crippen LogP contribution in [0.4, 0.5) is 5.69 Å². The van der Waals surface area contributed by atoms with Crippen molar-refractivity contribution in [2.24, 2.45) is 0 Å². The molecule has 6 nitrogen and oxygen atoms in total. The maximum Gasteiger partial charge on any atom is 0.260 e. The maximum absolute atomic E-state index is 13.0. The number of carbonyl (C=O) groups is 1. The number of anilines is 1. The van der Waals surface area contributed by atoms with Crippen molar-refractivity contribution in [3.63, 3.8) is 0 Å². The van der Waals surface area contributed by atoms with Gasteiger partial charge in [-0.2, -0.15) is 4.98 Å². The minimum absolute atomic E-state index is 0.264. The molecule has 0 aliphatic carbocycles. The molecule has 0 radical (unpaired) electrons. The number of hydrogen-bond donors (Lipinski definition) is 1. The molecular formula is C28H21N3O3. The van der Waals surface area contributed by atoms with E-state index >= 15 is 0 Å².